The van der Waals surface area contributed by atoms with Crippen LogP contribution in [0.3, 0.4) is 0 Å². The first-order valence-corrected chi connectivity index (χ1v) is 22.3. The predicted octanol–water partition coefficient (Wildman–Crippen LogP) is 7.42. The third-order valence-electron chi connectivity index (χ3n) is 5.11. The Morgan fingerprint density at radius 2 is 1.52 bits per heavy atom. The summed E-state index contributed by atoms with van der Waals surface area (Å²) in [4.78, 5) is 0. The molecular weight excluding hydrogens is 426 g/mol. The molecule has 1 aliphatic rings. The molecule has 136 valence electrons. The van der Waals surface area contributed by atoms with E-state index >= 15 is 0 Å². The van der Waals surface area contributed by atoms with Gasteiger partial charge < -0.3 is 0 Å². The van der Waals surface area contributed by atoms with Gasteiger partial charge >= 0.3 is 155 Å². The Bertz CT molecular complexity index is 364. The van der Waals surface area contributed by atoms with Crippen LogP contribution in [-0.4, -0.2) is 31.2 Å². The molecule has 0 N–H and O–H groups in total. The number of unbranched alkanes of at least 4 members (excludes halogenated alkanes) is 2. The fraction of sp³-hybridized carbons (Fsp3) is 0.895. The monoisotopic (exact) mass is 466 g/mol. The van der Waals surface area contributed by atoms with Gasteiger partial charge in [-0.15, -0.1) is 0 Å². The summed E-state index contributed by atoms with van der Waals surface area (Å²) in [7, 11) is 5.84. The zero-order chi connectivity index (χ0) is 17.6. The Balaban J connectivity index is 3.06. The van der Waals surface area contributed by atoms with Gasteiger partial charge in [0.05, 0.1) is 0 Å². The minimum absolute atomic E-state index is 0.0674. The Hall–Kier alpha value is 1.01. The van der Waals surface area contributed by atoms with E-state index in [9.17, 15) is 0 Å². The average molecular weight is 466 g/mol. The minimum atomic E-state index is -2.85. The third-order valence-corrected chi connectivity index (χ3v) is 21.1. The Kier molecular flexibility index (Phi) is 9.23. The van der Waals surface area contributed by atoms with Gasteiger partial charge in [-0.1, -0.05) is 0 Å². The maximum absolute atomic E-state index is 7.44. The summed E-state index contributed by atoms with van der Waals surface area (Å²) in [5.74, 6) is 0. The van der Waals surface area contributed by atoms with E-state index in [2.05, 4.69) is 40.1 Å². The summed E-state index contributed by atoms with van der Waals surface area (Å²) >= 11 is -2.85. The normalized spacial score (nSPS) is 18.9. The summed E-state index contributed by atoms with van der Waals surface area (Å²) in [6.07, 6.45) is 11.3. The molecule has 4 heteroatoms. The van der Waals surface area contributed by atoms with Crippen LogP contribution in [0, 0.1) is 0 Å². The molecule has 0 radical (unpaired) electrons. The number of rotatable bonds is 10. The fourth-order valence-electron chi connectivity index (χ4n) is 3.92. The van der Waals surface area contributed by atoms with Crippen molar-refractivity contribution < 1.29 is 4.43 Å². The Morgan fingerprint density at radius 3 is 1.91 bits per heavy atom. The first kappa shape index (κ1) is 22.0. The molecule has 0 atom stereocenters. The van der Waals surface area contributed by atoms with Crippen LogP contribution in [0.5, 0.6) is 0 Å². The molecule has 0 heterocycles. The summed E-state index contributed by atoms with van der Waals surface area (Å²) in [6.45, 7) is 16.2. The van der Waals surface area contributed by atoms with Crippen molar-refractivity contribution in [1.29, 1.82) is 0 Å². The molecule has 0 spiro atoms. The molecular formula is C19H39ClOSiSn. The zero-order valence-corrected chi connectivity index (χ0v) is 20.9. The van der Waals surface area contributed by atoms with Crippen molar-refractivity contribution in [2.45, 2.75) is 106 Å². The van der Waals surface area contributed by atoms with Crippen molar-refractivity contribution in [3.05, 3.63) is 10.2 Å². The van der Waals surface area contributed by atoms with Crippen LogP contribution < -0.4 is 0 Å². The standard InChI is InChI=1S/C11H21OSi.2C4H9.ClH.Sn/c1-5-11(12-13(2,3)4)9-7-6-8-10-11;2*1-3-4-2;;/h1,6-10H2,2-4H3;2*1,3-4H2,2H3;1H;/q;;;;+1/p-1. The van der Waals surface area contributed by atoms with Crippen LogP contribution in [0.25, 0.3) is 0 Å². The predicted molar refractivity (Wildman–Crippen MR) is 110 cm³/mol. The van der Waals surface area contributed by atoms with E-state index in [0.29, 0.717) is 0 Å². The third kappa shape index (κ3) is 6.67. The number of hydrogen-bond acceptors (Lipinski definition) is 1. The molecule has 0 aliphatic heterocycles. The van der Waals surface area contributed by atoms with Crippen LogP contribution >= 0.6 is 8.92 Å². The summed E-state index contributed by atoms with van der Waals surface area (Å²) in [5.41, 5.74) is -0.0674. The first-order chi connectivity index (χ1) is 10.7. The zero-order valence-electron chi connectivity index (χ0n) is 16.3. The van der Waals surface area contributed by atoms with Gasteiger partial charge in [0.15, 0.2) is 0 Å². The molecule has 1 aliphatic carbocycles. The molecule has 0 unspecified atom stereocenters. The molecule has 0 bridgehead atoms. The van der Waals surface area contributed by atoms with Gasteiger partial charge in [0.2, 0.25) is 0 Å². The molecule has 0 aromatic heterocycles. The van der Waals surface area contributed by atoms with E-state index in [-0.39, 0.29) is 5.60 Å². The average Bonchev–Trinajstić information content (AvgIpc) is 2.49. The van der Waals surface area contributed by atoms with Crippen molar-refractivity contribution in [1.82, 2.24) is 0 Å². The van der Waals surface area contributed by atoms with Crippen LogP contribution in [0.2, 0.25) is 28.5 Å². The molecule has 23 heavy (non-hydrogen) atoms. The number of hydrogen-bond donors (Lipinski definition) is 0. The van der Waals surface area contributed by atoms with Crippen molar-refractivity contribution in [2.75, 3.05) is 0 Å². The second kappa shape index (κ2) is 9.63. The second-order valence-electron chi connectivity index (χ2n) is 8.42. The molecule has 1 fully saturated rings. The van der Waals surface area contributed by atoms with E-state index in [4.69, 9.17) is 13.3 Å². The molecule has 0 aromatic rings. The maximum atomic E-state index is 7.44. The van der Waals surface area contributed by atoms with Crippen LogP contribution in [-0.2, 0) is 4.43 Å². The van der Waals surface area contributed by atoms with Gasteiger partial charge in [-0.05, 0) is 0 Å². The second-order valence-corrected chi connectivity index (χ2v) is 27.8. The molecule has 0 amide bonds. The van der Waals surface area contributed by atoms with E-state index in [1.54, 1.807) is 0 Å². The van der Waals surface area contributed by atoms with E-state index in [1.807, 2.05) is 0 Å². The molecule has 0 saturated heterocycles. The van der Waals surface area contributed by atoms with Crippen LogP contribution in [0.1, 0.15) is 71.6 Å². The van der Waals surface area contributed by atoms with Crippen molar-refractivity contribution in [3.63, 3.8) is 0 Å². The SMILES string of the molecule is C=[C](C1(O[Si](C)(C)C)CCCCC1)[Sn]([Cl])([CH2]CCC)[CH2]CCC. The van der Waals surface area contributed by atoms with Gasteiger partial charge in [-0.3, -0.25) is 0 Å². The van der Waals surface area contributed by atoms with Gasteiger partial charge in [-0.2, -0.15) is 0 Å². The summed E-state index contributed by atoms with van der Waals surface area (Å²) < 4.78 is 10.8. The van der Waals surface area contributed by atoms with Gasteiger partial charge in [0.1, 0.15) is 0 Å². The van der Waals surface area contributed by atoms with Crippen molar-refractivity contribution in [2.24, 2.45) is 0 Å². The molecule has 1 rings (SSSR count). The number of halogens is 1. The fourth-order valence-corrected chi connectivity index (χ4v) is 19.5. The summed E-state index contributed by atoms with van der Waals surface area (Å²) in [5, 5.41) is 0. The van der Waals surface area contributed by atoms with E-state index < -0.39 is 25.6 Å². The first-order valence-electron chi connectivity index (χ1n) is 9.78. The van der Waals surface area contributed by atoms with Gasteiger partial charge in [0.25, 0.3) is 0 Å². The Morgan fingerprint density at radius 1 is 1.04 bits per heavy atom. The van der Waals surface area contributed by atoms with Crippen molar-refractivity contribution in [3.8, 4) is 0 Å². The van der Waals surface area contributed by atoms with Gasteiger partial charge in [0, 0.05) is 0 Å². The van der Waals surface area contributed by atoms with Crippen LogP contribution in [0.15, 0.2) is 10.2 Å². The molecule has 1 saturated carbocycles. The van der Waals surface area contributed by atoms with E-state index in [0.717, 1.165) is 0 Å². The molecule has 0 aromatic carbocycles. The quantitative estimate of drug-likeness (QED) is 0.305. The topological polar surface area (TPSA) is 9.23 Å². The van der Waals surface area contributed by atoms with E-state index in [1.165, 1.54) is 70.2 Å². The Labute approximate surface area is 154 Å². The van der Waals surface area contributed by atoms with Crippen molar-refractivity contribution >= 4 is 34.5 Å². The van der Waals surface area contributed by atoms with Crippen LogP contribution in [0.4, 0.5) is 0 Å². The van der Waals surface area contributed by atoms with Gasteiger partial charge in [-0.25, -0.2) is 0 Å². The summed E-state index contributed by atoms with van der Waals surface area (Å²) in [6, 6.07) is 0. The molecule has 1 nitrogen and oxygen atoms in total.